The highest BCUT2D eigenvalue weighted by atomic mass is 35.5. The Kier molecular flexibility index (Phi) is 5.39. The number of fused-ring (bicyclic) bond motifs is 1. The van der Waals surface area contributed by atoms with E-state index < -0.39 is 0 Å². The molecule has 0 spiro atoms. The lowest BCUT2D eigenvalue weighted by Gasteiger charge is -2.26. The molecule has 0 radical (unpaired) electrons. The van der Waals surface area contributed by atoms with Gasteiger partial charge in [0.1, 0.15) is 5.82 Å². The van der Waals surface area contributed by atoms with Crippen molar-refractivity contribution >= 4 is 52.3 Å². The number of hydrogen-bond acceptors (Lipinski definition) is 3. The molecule has 1 fully saturated rings. The highest BCUT2D eigenvalue weighted by Crippen LogP contribution is 2.29. The van der Waals surface area contributed by atoms with Gasteiger partial charge in [-0.15, -0.1) is 12.4 Å². The number of aryl methyl sites for hydroxylation is 1. The summed E-state index contributed by atoms with van der Waals surface area (Å²) in [5, 5.41) is 7.94. The van der Waals surface area contributed by atoms with Gasteiger partial charge in [-0.05, 0) is 43.5 Å². The van der Waals surface area contributed by atoms with Crippen LogP contribution in [-0.4, -0.2) is 21.5 Å². The molecule has 1 aliphatic carbocycles. The van der Waals surface area contributed by atoms with Gasteiger partial charge in [-0.1, -0.05) is 17.7 Å². The van der Waals surface area contributed by atoms with Gasteiger partial charge in [-0.3, -0.25) is 4.79 Å². The summed E-state index contributed by atoms with van der Waals surface area (Å²) >= 11 is 6.05. The SMILES string of the molecule is Cl.Cn1ccc2c(Nc3cccc(Cl)c3)ncc(C(=O)NC3CCC3)c21. The molecule has 2 aromatic heterocycles. The van der Waals surface area contributed by atoms with Crippen molar-refractivity contribution in [2.45, 2.75) is 25.3 Å². The third-order valence-corrected chi connectivity index (χ3v) is 4.91. The molecule has 7 heteroatoms. The minimum atomic E-state index is -0.0571. The zero-order chi connectivity index (χ0) is 17.4. The summed E-state index contributed by atoms with van der Waals surface area (Å²) in [6.07, 6.45) is 6.89. The molecule has 1 saturated carbocycles. The van der Waals surface area contributed by atoms with E-state index in [0.29, 0.717) is 22.4 Å². The van der Waals surface area contributed by atoms with Crippen LogP contribution < -0.4 is 10.6 Å². The molecule has 0 aliphatic heterocycles. The van der Waals surface area contributed by atoms with Crippen LogP contribution in [0.5, 0.6) is 0 Å². The van der Waals surface area contributed by atoms with Crippen molar-refractivity contribution in [3.8, 4) is 0 Å². The first kappa shape index (κ1) is 18.5. The minimum absolute atomic E-state index is 0. The highest BCUT2D eigenvalue weighted by molar-refractivity contribution is 6.30. The zero-order valence-corrected chi connectivity index (χ0v) is 15.9. The van der Waals surface area contributed by atoms with Crippen LogP contribution in [0.25, 0.3) is 10.9 Å². The fraction of sp³-hybridized carbons (Fsp3) is 0.263. The van der Waals surface area contributed by atoms with Crippen LogP contribution in [0.3, 0.4) is 0 Å². The van der Waals surface area contributed by atoms with Gasteiger partial charge in [0.15, 0.2) is 0 Å². The number of carbonyl (C=O) groups is 1. The molecule has 136 valence electrons. The predicted octanol–water partition coefficient (Wildman–Crippen LogP) is 4.67. The summed E-state index contributed by atoms with van der Waals surface area (Å²) in [4.78, 5) is 17.1. The molecule has 0 saturated heterocycles. The Balaban J connectivity index is 0.00000196. The topological polar surface area (TPSA) is 59.0 Å². The highest BCUT2D eigenvalue weighted by Gasteiger charge is 2.23. The van der Waals surface area contributed by atoms with E-state index in [1.54, 1.807) is 6.20 Å². The first-order valence-corrected chi connectivity index (χ1v) is 8.77. The number of halogens is 2. The largest absolute Gasteiger partial charge is 0.350 e. The number of nitrogens with zero attached hydrogens (tertiary/aromatic N) is 2. The predicted molar refractivity (Wildman–Crippen MR) is 108 cm³/mol. The van der Waals surface area contributed by atoms with Gasteiger partial charge in [0.25, 0.3) is 5.91 Å². The van der Waals surface area contributed by atoms with Crippen molar-refractivity contribution in [1.29, 1.82) is 0 Å². The number of rotatable bonds is 4. The number of aromatic nitrogens is 2. The van der Waals surface area contributed by atoms with E-state index in [2.05, 4.69) is 15.6 Å². The minimum Gasteiger partial charge on any atom is -0.350 e. The Labute approximate surface area is 163 Å². The Hall–Kier alpha value is -2.24. The quantitative estimate of drug-likeness (QED) is 0.679. The second-order valence-corrected chi connectivity index (χ2v) is 6.88. The average molecular weight is 391 g/mol. The van der Waals surface area contributed by atoms with Gasteiger partial charge >= 0.3 is 0 Å². The third kappa shape index (κ3) is 3.50. The first-order chi connectivity index (χ1) is 12.1. The number of carbonyl (C=O) groups excluding carboxylic acids is 1. The second-order valence-electron chi connectivity index (χ2n) is 6.45. The van der Waals surface area contributed by atoms with Crippen molar-refractivity contribution in [3.05, 3.63) is 53.3 Å². The van der Waals surface area contributed by atoms with Gasteiger partial charge < -0.3 is 15.2 Å². The Morgan fingerprint density at radius 3 is 2.81 bits per heavy atom. The van der Waals surface area contributed by atoms with Crippen molar-refractivity contribution in [2.24, 2.45) is 7.05 Å². The van der Waals surface area contributed by atoms with Crippen molar-refractivity contribution in [1.82, 2.24) is 14.9 Å². The van der Waals surface area contributed by atoms with Crippen LogP contribution in [0.1, 0.15) is 29.6 Å². The number of nitrogens with one attached hydrogen (secondary N) is 2. The van der Waals surface area contributed by atoms with Gasteiger partial charge in [-0.25, -0.2) is 4.98 Å². The smallest absolute Gasteiger partial charge is 0.255 e. The van der Waals surface area contributed by atoms with Crippen LogP contribution in [0.15, 0.2) is 42.7 Å². The van der Waals surface area contributed by atoms with Crippen molar-refractivity contribution in [2.75, 3.05) is 5.32 Å². The van der Waals surface area contributed by atoms with E-state index in [9.17, 15) is 4.79 Å². The Morgan fingerprint density at radius 2 is 2.12 bits per heavy atom. The molecule has 0 atom stereocenters. The zero-order valence-electron chi connectivity index (χ0n) is 14.3. The Bertz CT molecular complexity index is 950. The molecule has 2 N–H and O–H groups in total. The maximum Gasteiger partial charge on any atom is 0.255 e. The molecule has 4 rings (SSSR count). The number of anilines is 2. The lowest BCUT2D eigenvalue weighted by molar-refractivity contribution is 0.0918. The normalized spacial score (nSPS) is 13.8. The molecule has 26 heavy (non-hydrogen) atoms. The first-order valence-electron chi connectivity index (χ1n) is 8.39. The van der Waals surface area contributed by atoms with Gasteiger partial charge in [0.05, 0.1) is 11.1 Å². The van der Waals surface area contributed by atoms with Gasteiger partial charge in [-0.2, -0.15) is 0 Å². The maximum absolute atomic E-state index is 12.6. The second kappa shape index (κ2) is 7.56. The number of benzene rings is 1. The van der Waals surface area contributed by atoms with E-state index in [-0.39, 0.29) is 18.3 Å². The standard InChI is InChI=1S/C19H19ClN4O.ClH/c1-24-9-8-15-17(24)16(19(25)23-13-5-3-6-13)11-21-18(15)22-14-7-2-4-12(20)10-14;/h2,4,7-11,13H,3,5-6H2,1H3,(H,21,22)(H,23,25);1H. The number of amides is 1. The summed E-state index contributed by atoms with van der Waals surface area (Å²) in [5.41, 5.74) is 2.33. The van der Waals surface area contributed by atoms with Gasteiger partial charge in [0, 0.05) is 41.6 Å². The average Bonchev–Trinajstić information content (AvgIpc) is 2.94. The molecule has 1 aromatic carbocycles. The summed E-state index contributed by atoms with van der Waals surface area (Å²) in [6, 6.07) is 9.75. The summed E-state index contributed by atoms with van der Waals surface area (Å²) in [7, 11) is 1.94. The van der Waals surface area contributed by atoms with Crippen LogP contribution in [0, 0.1) is 0 Å². The number of hydrogen-bond donors (Lipinski definition) is 2. The van der Waals surface area contributed by atoms with Crippen LogP contribution in [-0.2, 0) is 7.05 Å². The molecule has 1 aliphatic rings. The Morgan fingerprint density at radius 1 is 1.31 bits per heavy atom. The summed E-state index contributed by atoms with van der Waals surface area (Å²) < 4.78 is 1.95. The fourth-order valence-electron chi connectivity index (χ4n) is 3.10. The van der Waals surface area contributed by atoms with Crippen LogP contribution >= 0.6 is 24.0 Å². The van der Waals surface area contributed by atoms with Gasteiger partial charge in [0.2, 0.25) is 0 Å². The van der Waals surface area contributed by atoms with Crippen molar-refractivity contribution < 1.29 is 4.79 Å². The van der Waals surface area contributed by atoms with Crippen LogP contribution in [0.2, 0.25) is 5.02 Å². The summed E-state index contributed by atoms with van der Waals surface area (Å²) in [5.74, 6) is 0.649. The molecule has 3 aromatic rings. The van der Waals surface area contributed by atoms with Crippen LogP contribution in [0.4, 0.5) is 11.5 Å². The fourth-order valence-corrected chi connectivity index (χ4v) is 3.29. The molecular formula is C19H20Cl2N4O. The monoisotopic (exact) mass is 390 g/mol. The van der Waals surface area contributed by atoms with Crippen molar-refractivity contribution in [3.63, 3.8) is 0 Å². The van der Waals surface area contributed by atoms with E-state index in [0.717, 1.165) is 29.4 Å². The molecule has 0 bridgehead atoms. The maximum atomic E-state index is 12.6. The molecule has 5 nitrogen and oxygen atoms in total. The number of pyridine rings is 1. The molecule has 2 heterocycles. The van der Waals surface area contributed by atoms with E-state index in [1.807, 2.05) is 48.1 Å². The lowest BCUT2D eigenvalue weighted by atomic mass is 9.93. The lowest BCUT2D eigenvalue weighted by Crippen LogP contribution is -2.39. The molecule has 0 unspecified atom stereocenters. The molecule has 1 amide bonds. The van der Waals surface area contributed by atoms with E-state index >= 15 is 0 Å². The third-order valence-electron chi connectivity index (χ3n) is 4.68. The van der Waals surface area contributed by atoms with E-state index in [4.69, 9.17) is 11.6 Å². The van der Waals surface area contributed by atoms with E-state index in [1.165, 1.54) is 6.42 Å². The summed E-state index contributed by atoms with van der Waals surface area (Å²) in [6.45, 7) is 0. The molecular weight excluding hydrogens is 371 g/mol.